The Morgan fingerprint density at radius 2 is 0.667 bits per heavy atom. The maximum Gasteiger partial charge on any atom is 0.248 e. The van der Waals surface area contributed by atoms with Gasteiger partial charge >= 0.3 is 0 Å². The molecule has 0 bridgehead atoms. The van der Waals surface area contributed by atoms with E-state index in [9.17, 15) is 41.7 Å². The van der Waals surface area contributed by atoms with Crippen LogP contribution in [-0.4, -0.2) is 96.1 Å². The van der Waals surface area contributed by atoms with Gasteiger partial charge in [-0.15, -0.1) is 34.0 Å². The molecular formula is C48H60F6N12O3S3. The van der Waals surface area contributed by atoms with Crippen molar-refractivity contribution in [2.75, 3.05) is 16.0 Å². The molecule has 0 spiro atoms. The average molecular weight is 1060 g/mol. The van der Waals surface area contributed by atoms with Gasteiger partial charge in [-0.1, -0.05) is 0 Å². The third-order valence-electron chi connectivity index (χ3n) is 12.2. The van der Waals surface area contributed by atoms with E-state index in [4.69, 9.17) is 0 Å². The summed E-state index contributed by atoms with van der Waals surface area (Å²) in [5, 5.41) is 47.0. The van der Waals surface area contributed by atoms with Crippen molar-refractivity contribution in [1.29, 1.82) is 0 Å². The number of anilines is 3. The summed E-state index contributed by atoms with van der Waals surface area (Å²) in [6.07, 6.45) is -0.547. The standard InChI is InChI=1S/3C16H20F2N4OS/c3*1-9-8-24-15(19-9)14-21-12(10(2)23)7-13(22-14)20-11-3-5-16(17,18)6-4-11/h3*7-8,10-11,23H,3-6H2,1-2H3,(H,20,21,22)/t2*10-;/m10./s1. The fourth-order valence-corrected chi connectivity index (χ4v) is 10.3. The smallest absolute Gasteiger partial charge is 0.248 e. The minimum absolute atomic E-state index is 0.0488. The van der Waals surface area contributed by atoms with E-state index in [1.807, 2.05) is 36.9 Å². The van der Waals surface area contributed by atoms with Crippen LogP contribution in [0.25, 0.3) is 32.5 Å². The summed E-state index contributed by atoms with van der Waals surface area (Å²) in [6, 6.07) is 4.86. The number of nitrogens with one attached hydrogen (secondary N) is 3. The van der Waals surface area contributed by atoms with Crippen LogP contribution >= 0.6 is 34.0 Å². The van der Waals surface area contributed by atoms with Crippen molar-refractivity contribution in [3.05, 3.63) is 68.5 Å². The summed E-state index contributed by atoms with van der Waals surface area (Å²) in [4.78, 5) is 39.6. The topological polar surface area (TPSA) is 213 Å². The van der Waals surface area contributed by atoms with Crippen LogP contribution in [0.5, 0.6) is 0 Å². The van der Waals surface area contributed by atoms with Crippen molar-refractivity contribution in [3.8, 4) is 32.5 Å². The molecule has 0 aliphatic heterocycles. The molecule has 6 N–H and O–H groups in total. The van der Waals surface area contributed by atoms with Crippen LogP contribution in [-0.2, 0) is 0 Å². The number of aryl methyl sites for hydroxylation is 3. The molecule has 3 aliphatic rings. The Balaban J connectivity index is 0.000000158. The Bertz CT molecular complexity index is 2420. The molecule has 0 saturated heterocycles. The lowest BCUT2D eigenvalue weighted by Gasteiger charge is -2.29. The predicted octanol–water partition coefficient (Wildman–Crippen LogP) is 11.9. The molecule has 9 rings (SSSR count). The molecule has 1 unspecified atom stereocenters. The Hall–Kier alpha value is -5.01. The van der Waals surface area contributed by atoms with Gasteiger partial charge in [0.25, 0.3) is 0 Å². The zero-order valence-electron chi connectivity index (χ0n) is 40.8. The summed E-state index contributed by atoms with van der Waals surface area (Å²) in [7, 11) is 0. The van der Waals surface area contributed by atoms with E-state index in [1.54, 1.807) is 39.0 Å². The molecule has 0 radical (unpaired) electrons. The number of rotatable bonds is 12. The third kappa shape index (κ3) is 15.7. The Kier molecular flexibility index (Phi) is 17.8. The number of hydrogen-bond donors (Lipinski definition) is 6. The number of halogens is 6. The molecule has 0 aromatic carbocycles. The average Bonchev–Trinajstić information content (AvgIpc) is 4.10. The van der Waals surface area contributed by atoms with Crippen LogP contribution in [0.4, 0.5) is 43.8 Å². The van der Waals surface area contributed by atoms with Crippen molar-refractivity contribution in [1.82, 2.24) is 44.9 Å². The zero-order chi connectivity index (χ0) is 52.0. The van der Waals surface area contributed by atoms with Gasteiger partial charge in [0.05, 0.1) is 35.4 Å². The minimum Gasteiger partial charge on any atom is -0.387 e. The summed E-state index contributed by atoms with van der Waals surface area (Å²) < 4.78 is 79.7. The lowest BCUT2D eigenvalue weighted by atomic mass is 9.92. The van der Waals surface area contributed by atoms with Gasteiger partial charge in [0.15, 0.2) is 32.5 Å². The second kappa shape index (κ2) is 23.5. The molecular weight excluding hydrogens is 1000 g/mol. The molecule has 6 heterocycles. The molecule has 24 heteroatoms. The fourth-order valence-electron chi connectivity index (χ4n) is 8.10. The fraction of sp³-hybridized carbons (Fsp3) is 0.562. The van der Waals surface area contributed by atoms with E-state index in [-0.39, 0.29) is 56.7 Å². The van der Waals surface area contributed by atoms with Gasteiger partial charge in [0.1, 0.15) is 17.5 Å². The minimum atomic E-state index is -2.56. The first-order valence-corrected chi connectivity index (χ1v) is 26.5. The van der Waals surface area contributed by atoms with E-state index >= 15 is 0 Å². The van der Waals surface area contributed by atoms with Gasteiger partial charge in [-0.2, -0.15) is 0 Å². The largest absolute Gasteiger partial charge is 0.387 e. The number of hydrogen-bond acceptors (Lipinski definition) is 18. The Labute approximate surface area is 425 Å². The first-order chi connectivity index (χ1) is 34.0. The first-order valence-electron chi connectivity index (χ1n) is 23.9. The highest BCUT2D eigenvalue weighted by Gasteiger charge is 2.37. The van der Waals surface area contributed by atoms with Crippen LogP contribution in [0.2, 0.25) is 0 Å². The predicted molar refractivity (Wildman–Crippen MR) is 268 cm³/mol. The van der Waals surface area contributed by atoms with Crippen LogP contribution in [0, 0.1) is 20.8 Å². The lowest BCUT2D eigenvalue weighted by molar-refractivity contribution is -0.0366. The van der Waals surface area contributed by atoms with Gasteiger partial charge < -0.3 is 31.3 Å². The Morgan fingerprint density at radius 1 is 0.431 bits per heavy atom. The van der Waals surface area contributed by atoms with Gasteiger partial charge in [-0.25, -0.2) is 71.2 Å². The lowest BCUT2D eigenvalue weighted by Crippen LogP contribution is -2.32. The number of aliphatic hydroxyl groups is 3. The number of aliphatic hydroxyl groups excluding tert-OH is 3. The molecule has 3 fully saturated rings. The number of nitrogens with zero attached hydrogens (tertiary/aromatic N) is 9. The van der Waals surface area contributed by atoms with Crippen molar-refractivity contribution in [2.24, 2.45) is 0 Å². The maximum absolute atomic E-state index is 13.3. The molecule has 6 aromatic heterocycles. The Morgan fingerprint density at radius 3 is 0.861 bits per heavy atom. The van der Waals surface area contributed by atoms with Crippen LogP contribution < -0.4 is 16.0 Å². The van der Waals surface area contributed by atoms with Gasteiger partial charge in [-0.05, 0) is 80.1 Å². The summed E-state index contributed by atoms with van der Waals surface area (Å²) in [6.45, 7) is 10.6. The molecule has 3 atom stereocenters. The van der Waals surface area contributed by atoms with Crippen molar-refractivity contribution < 1.29 is 41.7 Å². The van der Waals surface area contributed by atoms with Crippen molar-refractivity contribution >= 4 is 51.5 Å². The van der Waals surface area contributed by atoms with Crippen LogP contribution in [0.3, 0.4) is 0 Å². The number of alkyl halides is 6. The summed E-state index contributed by atoms with van der Waals surface area (Å²) in [5.41, 5.74) is 4.09. The van der Waals surface area contributed by atoms with Gasteiger partial charge in [-0.3, -0.25) is 0 Å². The van der Waals surface area contributed by atoms with Gasteiger partial charge in [0, 0.05) is 108 Å². The molecule has 0 amide bonds. The van der Waals surface area contributed by atoms with E-state index in [0.717, 1.165) is 17.1 Å². The highest BCUT2D eigenvalue weighted by atomic mass is 32.1. The van der Waals surface area contributed by atoms with Crippen molar-refractivity contribution in [3.63, 3.8) is 0 Å². The van der Waals surface area contributed by atoms with E-state index < -0.39 is 36.1 Å². The van der Waals surface area contributed by atoms with Crippen LogP contribution in [0.15, 0.2) is 34.3 Å². The number of thiazole rings is 3. The maximum atomic E-state index is 13.3. The van der Waals surface area contributed by atoms with E-state index in [0.29, 0.717) is 106 Å². The first kappa shape index (κ1) is 54.8. The van der Waals surface area contributed by atoms with Crippen LogP contribution in [0.1, 0.15) is 150 Å². The monoisotopic (exact) mass is 1060 g/mol. The molecule has 72 heavy (non-hydrogen) atoms. The summed E-state index contributed by atoms with van der Waals surface area (Å²) in [5.74, 6) is -4.73. The summed E-state index contributed by atoms with van der Waals surface area (Å²) >= 11 is 4.30. The highest BCUT2D eigenvalue weighted by Crippen LogP contribution is 2.37. The molecule has 3 saturated carbocycles. The molecule has 6 aromatic rings. The highest BCUT2D eigenvalue weighted by molar-refractivity contribution is 7.13. The normalized spacial score (nSPS) is 19.2. The molecule has 15 nitrogen and oxygen atoms in total. The molecule has 3 aliphatic carbocycles. The second-order valence-electron chi connectivity index (χ2n) is 18.7. The second-order valence-corrected chi connectivity index (χ2v) is 21.3. The van der Waals surface area contributed by atoms with E-state index in [1.165, 1.54) is 34.0 Å². The third-order valence-corrected chi connectivity index (χ3v) is 15.0. The zero-order valence-corrected chi connectivity index (χ0v) is 43.2. The van der Waals surface area contributed by atoms with Crippen molar-refractivity contribution in [2.45, 2.75) is 173 Å². The van der Waals surface area contributed by atoms with E-state index in [2.05, 4.69) is 60.8 Å². The molecule has 390 valence electrons. The number of aromatic nitrogens is 9. The SMILES string of the molecule is Cc1csc(-c2nc(NC3CCC(F)(F)CC3)cc(C(C)O)n2)n1.Cc1csc(-c2nc(NC3CCC(F)(F)CC3)cc([C@@H](C)O)n2)n1.Cc1csc(-c2nc(NC3CCC(F)(F)CC3)cc([C@H](C)O)n2)n1. The van der Waals surface area contributed by atoms with Gasteiger partial charge in [0.2, 0.25) is 17.8 Å². The quantitative estimate of drug-likeness (QED) is 0.0629.